The summed E-state index contributed by atoms with van der Waals surface area (Å²) in [6.07, 6.45) is 2.50. The molecule has 10 nitrogen and oxygen atoms in total. The van der Waals surface area contributed by atoms with Gasteiger partial charge in [-0.2, -0.15) is 0 Å². The molecule has 10 heteroatoms. The van der Waals surface area contributed by atoms with Crippen LogP contribution in [-0.4, -0.2) is 73.7 Å². The molecule has 0 aromatic heterocycles. The molecule has 0 amide bonds. The average Bonchev–Trinajstić information content (AvgIpc) is 2.77. The Morgan fingerprint density at radius 2 is 1.28 bits per heavy atom. The molecule has 0 saturated carbocycles. The largest absolute Gasteiger partial charge is 0.478 e. The van der Waals surface area contributed by atoms with Gasteiger partial charge < -0.3 is 29.2 Å². The van der Waals surface area contributed by atoms with Gasteiger partial charge in [0.05, 0.1) is 37.6 Å². The van der Waals surface area contributed by atoms with Crippen molar-refractivity contribution in [3.8, 4) is 0 Å². The first-order valence-corrected chi connectivity index (χ1v) is 9.67. The highest BCUT2D eigenvalue weighted by Crippen LogP contribution is 2.22. The highest BCUT2D eigenvalue weighted by molar-refractivity contribution is 6.03. The van der Waals surface area contributed by atoms with E-state index in [0.29, 0.717) is 17.5 Å². The third kappa shape index (κ3) is 9.11. The predicted molar refractivity (Wildman–Crippen MR) is 112 cm³/mol. The Hall–Kier alpha value is -3.50. The van der Waals surface area contributed by atoms with Crippen LogP contribution in [0.5, 0.6) is 0 Å². The lowest BCUT2D eigenvalue weighted by Gasteiger charge is -2.15. The standard InChI is InChI=1S/C22H26O10/c1-3-18(23)31-13-11-29-9-7-15-5-6-17(21(25)26)20(22(27)28)16(15)8-10-30-12-14-32-19(24)4-2/h3-6H,1-2,7-14H2,(H,25,26)(H,27,28). The topological polar surface area (TPSA) is 146 Å². The molecule has 32 heavy (non-hydrogen) atoms. The number of benzene rings is 1. The summed E-state index contributed by atoms with van der Waals surface area (Å²) < 4.78 is 20.3. The molecule has 174 valence electrons. The average molecular weight is 450 g/mol. The zero-order valence-electron chi connectivity index (χ0n) is 17.5. The van der Waals surface area contributed by atoms with Gasteiger partial charge in [-0.1, -0.05) is 19.2 Å². The van der Waals surface area contributed by atoms with E-state index in [1.54, 1.807) is 0 Å². The molecule has 1 rings (SSSR count). The highest BCUT2D eigenvalue weighted by atomic mass is 16.6. The second-order valence-corrected chi connectivity index (χ2v) is 6.20. The Kier molecular flexibility index (Phi) is 12.0. The van der Waals surface area contributed by atoms with Gasteiger partial charge in [0.1, 0.15) is 13.2 Å². The van der Waals surface area contributed by atoms with Crippen LogP contribution in [0.2, 0.25) is 0 Å². The number of aromatic carboxylic acids is 2. The Morgan fingerprint density at radius 1 is 0.750 bits per heavy atom. The number of carboxylic acids is 2. The predicted octanol–water partition coefficient (Wildman–Crippen LogP) is 1.66. The second kappa shape index (κ2) is 14.5. The summed E-state index contributed by atoms with van der Waals surface area (Å²) in [4.78, 5) is 45.2. The molecule has 0 radical (unpaired) electrons. The number of carbonyl (C=O) groups excluding carboxylic acids is 2. The summed E-state index contributed by atoms with van der Waals surface area (Å²) in [5.74, 6) is -3.87. The lowest BCUT2D eigenvalue weighted by molar-refractivity contribution is -0.140. The van der Waals surface area contributed by atoms with E-state index in [9.17, 15) is 29.4 Å². The van der Waals surface area contributed by atoms with Crippen LogP contribution in [0.15, 0.2) is 37.4 Å². The summed E-state index contributed by atoms with van der Waals surface area (Å²) in [7, 11) is 0. The fourth-order valence-corrected chi connectivity index (χ4v) is 2.71. The van der Waals surface area contributed by atoms with E-state index in [0.717, 1.165) is 12.2 Å². The van der Waals surface area contributed by atoms with Crippen molar-refractivity contribution in [2.24, 2.45) is 0 Å². The minimum atomic E-state index is -1.36. The molecule has 0 aliphatic rings. The number of hydrogen-bond acceptors (Lipinski definition) is 8. The van der Waals surface area contributed by atoms with Gasteiger partial charge in [-0.05, 0) is 30.0 Å². The van der Waals surface area contributed by atoms with Crippen molar-refractivity contribution in [1.29, 1.82) is 0 Å². The minimum absolute atomic E-state index is 0.00291. The zero-order valence-corrected chi connectivity index (χ0v) is 17.5. The second-order valence-electron chi connectivity index (χ2n) is 6.20. The van der Waals surface area contributed by atoms with Crippen molar-refractivity contribution in [3.05, 3.63) is 59.7 Å². The molecule has 0 atom stereocenters. The van der Waals surface area contributed by atoms with Crippen molar-refractivity contribution in [2.75, 3.05) is 39.6 Å². The highest BCUT2D eigenvalue weighted by Gasteiger charge is 2.22. The van der Waals surface area contributed by atoms with Crippen molar-refractivity contribution in [2.45, 2.75) is 12.8 Å². The monoisotopic (exact) mass is 450 g/mol. The molecule has 0 saturated heterocycles. The van der Waals surface area contributed by atoms with Crippen molar-refractivity contribution < 1.29 is 48.3 Å². The molecule has 1 aromatic carbocycles. The van der Waals surface area contributed by atoms with Gasteiger partial charge >= 0.3 is 23.9 Å². The molecular formula is C22H26O10. The molecule has 0 unspecified atom stereocenters. The maximum atomic E-state index is 11.8. The molecule has 0 heterocycles. The molecular weight excluding hydrogens is 424 g/mol. The Bertz CT molecular complexity index is 843. The first-order valence-electron chi connectivity index (χ1n) is 9.67. The van der Waals surface area contributed by atoms with E-state index in [4.69, 9.17) is 18.9 Å². The lowest BCUT2D eigenvalue weighted by Crippen LogP contribution is -2.17. The summed E-state index contributed by atoms with van der Waals surface area (Å²) in [5.41, 5.74) is 0.282. The Morgan fingerprint density at radius 3 is 1.75 bits per heavy atom. The summed E-state index contributed by atoms with van der Waals surface area (Å²) >= 11 is 0. The Balaban J connectivity index is 2.79. The molecule has 2 N–H and O–H groups in total. The normalized spacial score (nSPS) is 10.2. The third-order valence-corrected chi connectivity index (χ3v) is 4.14. The molecule has 0 spiro atoms. The van der Waals surface area contributed by atoms with Crippen LogP contribution < -0.4 is 0 Å². The smallest absolute Gasteiger partial charge is 0.336 e. The maximum absolute atomic E-state index is 11.8. The van der Waals surface area contributed by atoms with Crippen molar-refractivity contribution >= 4 is 23.9 Å². The number of ether oxygens (including phenoxy) is 4. The molecule has 0 bridgehead atoms. The summed E-state index contributed by atoms with van der Waals surface area (Å²) in [6, 6.07) is 2.78. The number of carboxylic acid groups (broad SMARTS) is 2. The summed E-state index contributed by atoms with van der Waals surface area (Å²) in [5, 5.41) is 19.0. The third-order valence-electron chi connectivity index (χ3n) is 4.14. The van der Waals surface area contributed by atoms with Crippen LogP contribution in [0.4, 0.5) is 0 Å². The SMILES string of the molecule is C=CC(=O)OCCOCCc1ccc(C(=O)O)c(C(=O)O)c1CCOCCOC(=O)C=C. The fourth-order valence-electron chi connectivity index (χ4n) is 2.71. The van der Waals surface area contributed by atoms with Gasteiger partial charge in [-0.15, -0.1) is 0 Å². The van der Waals surface area contributed by atoms with Gasteiger partial charge in [-0.3, -0.25) is 0 Å². The van der Waals surface area contributed by atoms with E-state index in [1.165, 1.54) is 12.1 Å². The van der Waals surface area contributed by atoms with Gasteiger partial charge in [0.15, 0.2) is 0 Å². The van der Waals surface area contributed by atoms with E-state index in [-0.39, 0.29) is 57.2 Å². The lowest BCUT2D eigenvalue weighted by atomic mass is 9.92. The van der Waals surface area contributed by atoms with E-state index in [2.05, 4.69) is 13.2 Å². The van der Waals surface area contributed by atoms with Crippen LogP contribution >= 0.6 is 0 Å². The van der Waals surface area contributed by atoms with Crippen LogP contribution in [0, 0.1) is 0 Å². The number of rotatable bonds is 16. The fraction of sp³-hybridized carbons (Fsp3) is 0.364. The van der Waals surface area contributed by atoms with Crippen LogP contribution in [0.3, 0.4) is 0 Å². The first kappa shape index (κ1) is 26.5. The van der Waals surface area contributed by atoms with Crippen LogP contribution in [0.1, 0.15) is 31.8 Å². The van der Waals surface area contributed by atoms with Crippen molar-refractivity contribution in [3.63, 3.8) is 0 Å². The zero-order chi connectivity index (χ0) is 23.9. The van der Waals surface area contributed by atoms with E-state index in [1.807, 2.05) is 0 Å². The van der Waals surface area contributed by atoms with Gasteiger partial charge in [-0.25, -0.2) is 19.2 Å². The Labute approximate surface area is 185 Å². The van der Waals surface area contributed by atoms with E-state index >= 15 is 0 Å². The van der Waals surface area contributed by atoms with Gasteiger partial charge in [0.25, 0.3) is 0 Å². The number of hydrogen-bond donors (Lipinski definition) is 2. The number of carbonyl (C=O) groups is 4. The van der Waals surface area contributed by atoms with Crippen molar-refractivity contribution in [1.82, 2.24) is 0 Å². The van der Waals surface area contributed by atoms with Gasteiger partial charge in [0.2, 0.25) is 0 Å². The minimum Gasteiger partial charge on any atom is -0.478 e. The maximum Gasteiger partial charge on any atom is 0.336 e. The molecule has 0 fully saturated rings. The summed E-state index contributed by atoms with van der Waals surface area (Å²) in [6.45, 7) is 7.10. The number of esters is 2. The first-order chi connectivity index (χ1) is 15.3. The quantitative estimate of drug-likeness (QED) is 0.217. The molecule has 0 aliphatic heterocycles. The van der Waals surface area contributed by atoms with Crippen LogP contribution in [0.25, 0.3) is 0 Å². The van der Waals surface area contributed by atoms with Crippen LogP contribution in [-0.2, 0) is 41.4 Å². The van der Waals surface area contributed by atoms with Gasteiger partial charge in [0, 0.05) is 12.2 Å². The van der Waals surface area contributed by atoms with E-state index < -0.39 is 23.9 Å². The molecule has 1 aromatic rings. The molecule has 0 aliphatic carbocycles.